The van der Waals surface area contributed by atoms with Gasteiger partial charge in [-0.1, -0.05) is 6.07 Å². The van der Waals surface area contributed by atoms with Gasteiger partial charge in [0.1, 0.15) is 5.69 Å². The lowest BCUT2D eigenvalue weighted by molar-refractivity contribution is 0.0746. The highest BCUT2D eigenvalue weighted by molar-refractivity contribution is 6.04. The monoisotopic (exact) mass is 404 g/mol. The number of aryl methyl sites for hydroxylation is 2. The second-order valence-electron chi connectivity index (χ2n) is 7.32. The molecule has 8 heteroatoms. The number of amides is 2. The van der Waals surface area contributed by atoms with Gasteiger partial charge in [-0.3, -0.25) is 9.59 Å². The molecule has 2 amide bonds. The van der Waals surface area contributed by atoms with Crippen molar-refractivity contribution in [2.45, 2.75) is 6.92 Å². The summed E-state index contributed by atoms with van der Waals surface area (Å²) in [5, 5.41) is 2.92. The van der Waals surface area contributed by atoms with Crippen LogP contribution in [0, 0.1) is 6.92 Å². The van der Waals surface area contributed by atoms with Gasteiger partial charge in [-0.15, -0.1) is 0 Å². The number of carbonyl (C=O) groups excluding carboxylic acids is 2. The van der Waals surface area contributed by atoms with E-state index in [1.54, 1.807) is 35.2 Å². The van der Waals surface area contributed by atoms with E-state index in [9.17, 15) is 9.59 Å². The van der Waals surface area contributed by atoms with Gasteiger partial charge in [0.25, 0.3) is 11.8 Å². The Morgan fingerprint density at radius 1 is 1.00 bits per heavy atom. The lowest BCUT2D eigenvalue weighted by Gasteiger charge is -2.34. The number of hydrogen-bond donors (Lipinski definition) is 1. The average molecular weight is 404 g/mol. The van der Waals surface area contributed by atoms with E-state index in [1.807, 2.05) is 43.3 Å². The molecule has 0 spiro atoms. The minimum atomic E-state index is -0.202. The highest BCUT2D eigenvalue weighted by Gasteiger charge is 2.24. The Morgan fingerprint density at radius 2 is 1.73 bits per heavy atom. The molecule has 154 valence electrons. The number of nitrogens with zero attached hydrogens (tertiary/aromatic N) is 5. The molecule has 0 bridgehead atoms. The van der Waals surface area contributed by atoms with E-state index in [0.29, 0.717) is 49.1 Å². The van der Waals surface area contributed by atoms with E-state index in [0.717, 1.165) is 5.56 Å². The molecule has 0 saturated carbocycles. The number of nitrogens with one attached hydrogen (secondary N) is 1. The van der Waals surface area contributed by atoms with Crippen LogP contribution in [0.2, 0.25) is 0 Å². The third-order valence-corrected chi connectivity index (χ3v) is 5.31. The summed E-state index contributed by atoms with van der Waals surface area (Å²) < 4.78 is 1.76. The number of piperazine rings is 1. The van der Waals surface area contributed by atoms with Gasteiger partial charge in [-0.25, -0.2) is 9.97 Å². The van der Waals surface area contributed by atoms with Gasteiger partial charge in [0, 0.05) is 63.1 Å². The molecular weight excluding hydrogens is 380 g/mol. The van der Waals surface area contributed by atoms with E-state index in [2.05, 4.69) is 20.2 Å². The summed E-state index contributed by atoms with van der Waals surface area (Å²) in [5.74, 6) is 0.440. The molecule has 3 heterocycles. The molecular formula is C22H24N6O2. The SMILES string of the molecule is Cc1ccc(C(=O)N2CCN(c3ncccn3)CC2)cc1NC(=O)c1cccn1C. The molecule has 1 aliphatic rings. The minimum Gasteiger partial charge on any atom is -0.347 e. The lowest BCUT2D eigenvalue weighted by atomic mass is 10.1. The number of benzene rings is 1. The molecule has 0 atom stereocenters. The lowest BCUT2D eigenvalue weighted by Crippen LogP contribution is -2.49. The Morgan fingerprint density at radius 3 is 2.40 bits per heavy atom. The zero-order chi connectivity index (χ0) is 21.1. The normalized spacial score (nSPS) is 13.9. The first-order valence-corrected chi connectivity index (χ1v) is 9.87. The first-order valence-electron chi connectivity index (χ1n) is 9.87. The summed E-state index contributed by atoms with van der Waals surface area (Å²) in [6, 6.07) is 10.8. The van der Waals surface area contributed by atoms with E-state index in [4.69, 9.17) is 0 Å². The predicted octanol–water partition coefficient (Wildman–Crippen LogP) is 2.34. The van der Waals surface area contributed by atoms with Gasteiger partial charge in [0.05, 0.1) is 0 Å². The van der Waals surface area contributed by atoms with Crippen LogP contribution in [0.1, 0.15) is 26.4 Å². The number of carbonyl (C=O) groups is 2. The van der Waals surface area contributed by atoms with Crippen molar-refractivity contribution in [1.82, 2.24) is 19.4 Å². The summed E-state index contributed by atoms with van der Waals surface area (Å²) in [5.41, 5.74) is 2.67. The van der Waals surface area contributed by atoms with Gasteiger partial charge in [-0.05, 0) is 42.8 Å². The summed E-state index contributed by atoms with van der Waals surface area (Å²) in [6.45, 7) is 4.46. The van der Waals surface area contributed by atoms with E-state index in [1.165, 1.54) is 0 Å². The molecule has 0 radical (unpaired) electrons. The quantitative estimate of drug-likeness (QED) is 0.722. The highest BCUT2D eigenvalue weighted by Crippen LogP contribution is 2.20. The molecule has 1 saturated heterocycles. The molecule has 4 rings (SSSR count). The van der Waals surface area contributed by atoms with Crippen molar-refractivity contribution in [3.8, 4) is 0 Å². The average Bonchev–Trinajstić information content (AvgIpc) is 3.21. The van der Waals surface area contributed by atoms with Gasteiger partial charge in [0.15, 0.2) is 0 Å². The number of anilines is 2. The van der Waals surface area contributed by atoms with E-state index in [-0.39, 0.29) is 11.8 Å². The van der Waals surface area contributed by atoms with Crippen LogP contribution < -0.4 is 10.2 Å². The topological polar surface area (TPSA) is 83.4 Å². The molecule has 1 N–H and O–H groups in total. The van der Waals surface area contributed by atoms with Crippen molar-refractivity contribution in [3.05, 3.63) is 71.8 Å². The zero-order valence-corrected chi connectivity index (χ0v) is 17.1. The van der Waals surface area contributed by atoms with Crippen LogP contribution >= 0.6 is 0 Å². The van der Waals surface area contributed by atoms with Crippen molar-refractivity contribution < 1.29 is 9.59 Å². The van der Waals surface area contributed by atoms with Gasteiger partial charge in [-0.2, -0.15) is 0 Å². The summed E-state index contributed by atoms with van der Waals surface area (Å²) in [7, 11) is 1.82. The first-order chi connectivity index (χ1) is 14.5. The van der Waals surface area contributed by atoms with Crippen molar-refractivity contribution in [3.63, 3.8) is 0 Å². The molecule has 1 fully saturated rings. The molecule has 1 aliphatic heterocycles. The summed E-state index contributed by atoms with van der Waals surface area (Å²) in [4.78, 5) is 38.0. The Hall–Kier alpha value is -3.68. The van der Waals surface area contributed by atoms with Crippen LogP contribution in [-0.2, 0) is 7.05 Å². The molecule has 3 aromatic rings. The summed E-state index contributed by atoms with van der Waals surface area (Å²) >= 11 is 0. The Bertz CT molecular complexity index is 1050. The van der Waals surface area contributed by atoms with Crippen molar-refractivity contribution >= 4 is 23.5 Å². The predicted molar refractivity (Wildman–Crippen MR) is 115 cm³/mol. The minimum absolute atomic E-state index is 0.0435. The maximum Gasteiger partial charge on any atom is 0.272 e. The molecule has 0 unspecified atom stereocenters. The van der Waals surface area contributed by atoms with Gasteiger partial charge >= 0.3 is 0 Å². The van der Waals surface area contributed by atoms with Crippen LogP contribution in [0.4, 0.5) is 11.6 Å². The molecule has 30 heavy (non-hydrogen) atoms. The van der Waals surface area contributed by atoms with Crippen LogP contribution in [-0.4, -0.2) is 57.4 Å². The van der Waals surface area contributed by atoms with E-state index >= 15 is 0 Å². The standard InChI is InChI=1S/C22H24N6O2/c1-16-6-7-17(15-18(16)25-20(29)19-5-3-10-26(19)2)21(30)27-11-13-28(14-12-27)22-23-8-4-9-24-22/h3-10,15H,11-14H2,1-2H3,(H,25,29). The number of rotatable bonds is 4. The Labute approximate surface area is 175 Å². The maximum atomic E-state index is 13.0. The Balaban J connectivity index is 1.44. The Kier molecular flexibility index (Phi) is 5.47. The fourth-order valence-electron chi connectivity index (χ4n) is 3.52. The molecule has 2 aromatic heterocycles. The zero-order valence-electron chi connectivity index (χ0n) is 17.1. The van der Waals surface area contributed by atoms with E-state index < -0.39 is 0 Å². The smallest absolute Gasteiger partial charge is 0.272 e. The second-order valence-corrected chi connectivity index (χ2v) is 7.32. The van der Waals surface area contributed by atoms with Crippen molar-refractivity contribution in [1.29, 1.82) is 0 Å². The first kappa shape index (κ1) is 19.6. The number of aromatic nitrogens is 3. The third-order valence-electron chi connectivity index (χ3n) is 5.31. The fourth-order valence-corrected chi connectivity index (χ4v) is 3.52. The highest BCUT2D eigenvalue weighted by atomic mass is 16.2. The van der Waals surface area contributed by atoms with Crippen molar-refractivity contribution in [2.75, 3.05) is 36.4 Å². The second kappa shape index (κ2) is 8.36. The van der Waals surface area contributed by atoms with Crippen LogP contribution in [0.5, 0.6) is 0 Å². The van der Waals surface area contributed by atoms with Crippen LogP contribution in [0.15, 0.2) is 55.0 Å². The molecule has 1 aromatic carbocycles. The third kappa shape index (κ3) is 4.03. The van der Waals surface area contributed by atoms with Crippen LogP contribution in [0.3, 0.4) is 0 Å². The maximum absolute atomic E-state index is 13.0. The van der Waals surface area contributed by atoms with Gasteiger partial charge < -0.3 is 19.7 Å². The molecule has 0 aliphatic carbocycles. The van der Waals surface area contributed by atoms with Gasteiger partial charge in [0.2, 0.25) is 5.95 Å². The largest absolute Gasteiger partial charge is 0.347 e. The molecule has 8 nitrogen and oxygen atoms in total. The van der Waals surface area contributed by atoms with Crippen molar-refractivity contribution in [2.24, 2.45) is 7.05 Å². The summed E-state index contributed by atoms with van der Waals surface area (Å²) in [6.07, 6.45) is 5.26. The fraction of sp³-hybridized carbons (Fsp3) is 0.273. The number of hydrogen-bond acceptors (Lipinski definition) is 5. The van der Waals surface area contributed by atoms with Crippen LogP contribution in [0.25, 0.3) is 0 Å².